The number of hydrogen-bond acceptors (Lipinski definition) is 6. The number of anilines is 1. The van der Waals surface area contributed by atoms with Gasteiger partial charge < -0.3 is 4.52 Å². The first-order chi connectivity index (χ1) is 11.1. The predicted octanol–water partition coefficient (Wildman–Crippen LogP) is 3.89. The van der Waals surface area contributed by atoms with Crippen molar-refractivity contribution in [3.8, 4) is 0 Å². The molecule has 0 aliphatic carbocycles. The SMILES string of the molecule is O=S(=O)(Nc1noc2cccc(Cl)c12)c1cccc2scnc12. The Hall–Kier alpha value is -2.16. The van der Waals surface area contributed by atoms with Gasteiger partial charge in [-0.15, -0.1) is 11.3 Å². The van der Waals surface area contributed by atoms with Gasteiger partial charge in [0.05, 0.1) is 20.6 Å². The van der Waals surface area contributed by atoms with E-state index in [1.807, 2.05) is 6.07 Å². The Bertz CT molecular complexity index is 1130. The molecule has 4 aromatic rings. The molecule has 2 heterocycles. The molecule has 4 rings (SSSR count). The summed E-state index contributed by atoms with van der Waals surface area (Å²) in [6.45, 7) is 0. The summed E-state index contributed by atoms with van der Waals surface area (Å²) in [5.41, 5.74) is 2.43. The van der Waals surface area contributed by atoms with Crippen LogP contribution in [0.2, 0.25) is 5.02 Å². The third-order valence-electron chi connectivity index (χ3n) is 3.29. The van der Waals surface area contributed by atoms with Crippen LogP contribution in [0.1, 0.15) is 0 Å². The summed E-state index contributed by atoms with van der Waals surface area (Å²) in [4.78, 5) is 4.21. The molecule has 0 atom stereocenters. The zero-order valence-corrected chi connectivity index (χ0v) is 13.7. The number of thiazole rings is 1. The molecule has 1 N–H and O–H groups in total. The first-order valence-electron chi connectivity index (χ1n) is 6.45. The molecule has 0 spiro atoms. The Kier molecular flexibility index (Phi) is 3.26. The van der Waals surface area contributed by atoms with Gasteiger partial charge in [-0.05, 0) is 24.3 Å². The maximum atomic E-state index is 12.7. The minimum Gasteiger partial charge on any atom is -0.354 e. The van der Waals surface area contributed by atoms with Gasteiger partial charge in [-0.25, -0.2) is 13.4 Å². The smallest absolute Gasteiger partial charge is 0.265 e. The molecule has 23 heavy (non-hydrogen) atoms. The van der Waals surface area contributed by atoms with Crippen molar-refractivity contribution < 1.29 is 12.9 Å². The van der Waals surface area contributed by atoms with E-state index in [4.69, 9.17) is 16.1 Å². The van der Waals surface area contributed by atoms with E-state index < -0.39 is 10.0 Å². The Morgan fingerprint density at radius 2 is 2.00 bits per heavy atom. The van der Waals surface area contributed by atoms with E-state index in [0.717, 1.165) is 4.70 Å². The summed E-state index contributed by atoms with van der Waals surface area (Å²) in [6, 6.07) is 9.98. The van der Waals surface area contributed by atoms with Crippen molar-refractivity contribution in [2.45, 2.75) is 4.90 Å². The van der Waals surface area contributed by atoms with Gasteiger partial charge in [0.1, 0.15) is 10.4 Å². The molecule has 0 saturated heterocycles. The van der Waals surface area contributed by atoms with Gasteiger partial charge in [-0.3, -0.25) is 4.72 Å². The van der Waals surface area contributed by atoms with Crippen LogP contribution in [0.5, 0.6) is 0 Å². The maximum Gasteiger partial charge on any atom is 0.265 e. The van der Waals surface area contributed by atoms with Crippen LogP contribution in [0.25, 0.3) is 21.2 Å². The molecular weight excluding hydrogens is 358 g/mol. The fraction of sp³-hybridized carbons (Fsp3) is 0. The minimum absolute atomic E-state index is 0.0535. The highest BCUT2D eigenvalue weighted by molar-refractivity contribution is 7.93. The Morgan fingerprint density at radius 1 is 1.17 bits per heavy atom. The molecule has 0 saturated carbocycles. The van der Waals surface area contributed by atoms with E-state index >= 15 is 0 Å². The van der Waals surface area contributed by atoms with E-state index in [9.17, 15) is 8.42 Å². The van der Waals surface area contributed by atoms with Crippen molar-refractivity contribution in [3.05, 3.63) is 46.9 Å². The quantitative estimate of drug-likeness (QED) is 0.595. The lowest BCUT2D eigenvalue weighted by Crippen LogP contribution is -2.13. The number of benzene rings is 2. The largest absolute Gasteiger partial charge is 0.354 e. The molecule has 0 bridgehead atoms. The van der Waals surface area contributed by atoms with Crippen LogP contribution in [-0.4, -0.2) is 18.6 Å². The van der Waals surface area contributed by atoms with Gasteiger partial charge in [-0.2, -0.15) is 0 Å². The highest BCUT2D eigenvalue weighted by atomic mass is 35.5. The summed E-state index contributed by atoms with van der Waals surface area (Å²) in [5, 5.41) is 4.54. The molecule has 0 fully saturated rings. The highest BCUT2D eigenvalue weighted by Gasteiger charge is 2.22. The number of nitrogens with one attached hydrogen (secondary N) is 1. The first-order valence-corrected chi connectivity index (χ1v) is 9.19. The van der Waals surface area contributed by atoms with E-state index in [1.54, 1.807) is 29.8 Å². The van der Waals surface area contributed by atoms with E-state index in [2.05, 4.69) is 14.9 Å². The zero-order chi connectivity index (χ0) is 16.0. The van der Waals surface area contributed by atoms with Crippen molar-refractivity contribution in [3.63, 3.8) is 0 Å². The number of para-hydroxylation sites is 1. The molecule has 0 amide bonds. The standard InChI is InChI=1S/C14H8ClN3O3S2/c15-8-3-1-4-9-12(8)14(17-21-9)18-23(19,20)11-6-2-5-10-13(11)16-7-22-10/h1-7H,(H,17,18). The number of hydrogen-bond donors (Lipinski definition) is 1. The zero-order valence-electron chi connectivity index (χ0n) is 11.4. The van der Waals surface area contributed by atoms with Crippen LogP contribution in [0.4, 0.5) is 5.82 Å². The lowest BCUT2D eigenvalue weighted by atomic mass is 10.2. The van der Waals surface area contributed by atoms with E-state index in [0.29, 0.717) is 21.5 Å². The summed E-state index contributed by atoms with van der Waals surface area (Å²) < 4.78 is 33.7. The molecule has 0 aliphatic rings. The number of sulfonamides is 1. The molecule has 2 aromatic carbocycles. The van der Waals surface area contributed by atoms with Crippen LogP contribution in [0, 0.1) is 0 Å². The van der Waals surface area contributed by atoms with Gasteiger partial charge in [0.25, 0.3) is 10.0 Å². The molecule has 116 valence electrons. The van der Waals surface area contributed by atoms with Gasteiger partial charge in [-0.1, -0.05) is 28.9 Å². The summed E-state index contributed by atoms with van der Waals surface area (Å²) in [7, 11) is -3.87. The molecule has 0 radical (unpaired) electrons. The third-order valence-corrected chi connectivity index (χ3v) is 5.77. The van der Waals surface area contributed by atoms with Crippen LogP contribution in [0.15, 0.2) is 51.3 Å². The fourth-order valence-electron chi connectivity index (χ4n) is 2.28. The van der Waals surface area contributed by atoms with Crippen LogP contribution in [0.3, 0.4) is 0 Å². The van der Waals surface area contributed by atoms with Gasteiger partial charge in [0.2, 0.25) is 0 Å². The van der Waals surface area contributed by atoms with Gasteiger partial charge >= 0.3 is 0 Å². The van der Waals surface area contributed by atoms with E-state index in [1.165, 1.54) is 17.4 Å². The van der Waals surface area contributed by atoms with Crippen molar-refractivity contribution in [2.24, 2.45) is 0 Å². The van der Waals surface area contributed by atoms with E-state index in [-0.39, 0.29) is 10.7 Å². The van der Waals surface area contributed by atoms with Crippen LogP contribution >= 0.6 is 22.9 Å². The summed E-state index contributed by atoms with van der Waals surface area (Å²) in [6.07, 6.45) is 0. The molecule has 0 unspecified atom stereocenters. The van der Waals surface area contributed by atoms with Gasteiger partial charge in [0.15, 0.2) is 11.4 Å². The summed E-state index contributed by atoms with van der Waals surface area (Å²) >= 11 is 7.48. The molecule has 9 heteroatoms. The average molecular weight is 366 g/mol. The molecular formula is C14H8ClN3O3S2. The maximum absolute atomic E-state index is 12.7. The molecule has 0 aliphatic heterocycles. The third kappa shape index (κ3) is 2.35. The first kappa shape index (κ1) is 14.4. The predicted molar refractivity (Wildman–Crippen MR) is 89.4 cm³/mol. The van der Waals surface area contributed by atoms with Crippen LogP contribution in [-0.2, 0) is 10.0 Å². The fourth-order valence-corrected chi connectivity index (χ4v) is 4.48. The molecule has 6 nitrogen and oxygen atoms in total. The minimum atomic E-state index is -3.87. The number of fused-ring (bicyclic) bond motifs is 2. The monoisotopic (exact) mass is 365 g/mol. The highest BCUT2D eigenvalue weighted by Crippen LogP contribution is 2.32. The van der Waals surface area contributed by atoms with Crippen molar-refractivity contribution in [1.82, 2.24) is 10.1 Å². The molecule has 2 aromatic heterocycles. The van der Waals surface area contributed by atoms with Crippen molar-refractivity contribution in [2.75, 3.05) is 4.72 Å². The average Bonchev–Trinajstić information content (AvgIpc) is 3.14. The van der Waals surface area contributed by atoms with Crippen molar-refractivity contribution >= 4 is 60.0 Å². The Labute approximate surface area is 139 Å². The Morgan fingerprint density at radius 3 is 2.87 bits per heavy atom. The topological polar surface area (TPSA) is 85.1 Å². The summed E-state index contributed by atoms with van der Waals surface area (Å²) in [5.74, 6) is 0.0535. The Balaban J connectivity index is 1.85. The van der Waals surface area contributed by atoms with Gasteiger partial charge in [0, 0.05) is 0 Å². The van der Waals surface area contributed by atoms with Crippen LogP contribution < -0.4 is 4.72 Å². The number of aromatic nitrogens is 2. The lowest BCUT2D eigenvalue weighted by Gasteiger charge is -2.06. The number of halogens is 1. The number of rotatable bonds is 3. The van der Waals surface area contributed by atoms with Crippen molar-refractivity contribution in [1.29, 1.82) is 0 Å². The second kappa shape index (κ2) is 5.19. The second-order valence-electron chi connectivity index (χ2n) is 4.70. The lowest BCUT2D eigenvalue weighted by molar-refractivity contribution is 0.460. The number of nitrogens with zero attached hydrogens (tertiary/aromatic N) is 2. The second-order valence-corrected chi connectivity index (χ2v) is 7.65. The normalized spacial score (nSPS) is 12.0.